The number of carbonyl (C=O) groups excluding carboxylic acids is 2. The van der Waals surface area contributed by atoms with Gasteiger partial charge in [0.2, 0.25) is 11.8 Å². The van der Waals surface area contributed by atoms with E-state index in [1.54, 1.807) is 13.0 Å². The molecule has 8 heteroatoms. The topological polar surface area (TPSA) is 111 Å². The van der Waals surface area contributed by atoms with Crippen molar-refractivity contribution in [1.82, 2.24) is 10.1 Å². The first-order chi connectivity index (χ1) is 12.5. The number of aryl methyl sites for hydroxylation is 1. The number of carbonyl (C=O) groups is 2. The van der Waals surface area contributed by atoms with Crippen LogP contribution in [-0.2, 0) is 14.3 Å². The Morgan fingerprint density at radius 1 is 1.38 bits per heavy atom. The van der Waals surface area contributed by atoms with Crippen LogP contribution in [0, 0.1) is 6.92 Å². The molecule has 0 aliphatic carbocycles. The molecule has 2 aromatic rings. The number of nitrogens with one attached hydrogen (secondary N) is 1. The lowest BCUT2D eigenvalue weighted by atomic mass is 10.0. The Labute approximate surface area is 151 Å². The number of nitrogens with zero attached hydrogens (tertiary/aromatic N) is 2. The first kappa shape index (κ1) is 18.1. The number of nitrogens with two attached hydrogens (primary N) is 1. The summed E-state index contributed by atoms with van der Waals surface area (Å²) in [4.78, 5) is 26.2. The van der Waals surface area contributed by atoms with Gasteiger partial charge in [0.15, 0.2) is 5.82 Å². The van der Waals surface area contributed by atoms with Crippen molar-refractivity contribution in [1.29, 1.82) is 0 Å². The summed E-state index contributed by atoms with van der Waals surface area (Å²) in [6.45, 7) is 3.19. The molecule has 0 saturated carbocycles. The van der Waals surface area contributed by atoms with Gasteiger partial charge in [0, 0.05) is 19.2 Å². The number of hydrogen-bond acceptors (Lipinski definition) is 6. The molecule has 2 heterocycles. The van der Waals surface area contributed by atoms with Gasteiger partial charge >= 0.3 is 0 Å². The third-order valence-corrected chi connectivity index (χ3v) is 4.21. The van der Waals surface area contributed by atoms with Crippen LogP contribution in [0.2, 0.25) is 0 Å². The van der Waals surface area contributed by atoms with Crippen LogP contribution in [0.3, 0.4) is 0 Å². The highest BCUT2D eigenvalue weighted by Crippen LogP contribution is 2.25. The summed E-state index contributed by atoms with van der Waals surface area (Å²) in [7, 11) is 0. The number of amides is 2. The van der Waals surface area contributed by atoms with Gasteiger partial charge in [-0.15, -0.1) is 0 Å². The van der Waals surface area contributed by atoms with E-state index in [4.69, 9.17) is 15.0 Å². The van der Waals surface area contributed by atoms with Crippen LogP contribution in [-0.4, -0.2) is 47.7 Å². The summed E-state index contributed by atoms with van der Waals surface area (Å²) in [5.74, 6) is 0.347. The first-order valence-electron chi connectivity index (χ1n) is 8.46. The van der Waals surface area contributed by atoms with Gasteiger partial charge in [-0.1, -0.05) is 35.5 Å². The number of morpholine rings is 1. The Hall–Kier alpha value is -2.71. The highest BCUT2D eigenvalue weighted by Gasteiger charge is 2.33. The number of ether oxygens (including phenoxy) is 1. The molecule has 2 amide bonds. The molecule has 2 atom stereocenters. The van der Waals surface area contributed by atoms with Gasteiger partial charge < -0.3 is 20.3 Å². The molecule has 2 unspecified atom stereocenters. The normalized spacial score (nSPS) is 19.0. The Morgan fingerprint density at radius 3 is 2.81 bits per heavy atom. The predicted molar refractivity (Wildman–Crippen MR) is 94.2 cm³/mol. The van der Waals surface area contributed by atoms with E-state index in [9.17, 15) is 9.59 Å². The average Bonchev–Trinajstić information content (AvgIpc) is 3.00. The molecule has 0 spiro atoms. The summed E-state index contributed by atoms with van der Waals surface area (Å²) in [6, 6.07) is 10.6. The lowest BCUT2D eigenvalue weighted by molar-refractivity contribution is -0.128. The van der Waals surface area contributed by atoms with Crippen molar-refractivity contribution in [3.8, 4) is 0 Å². The second-order valence-electron chi connectivity index (χ2n) is 6.28. The lowest BCUT2D eigenvalue weighted by Crippen LogP contribution is -2.48. The molecule has 0 bridgehead atoms. The minimum Gasteiger partial charge on any atom is -0.375 e. The van der Waals surface area contributed by atoms with Crippen molar-refractivity contribution in [2.24, 2.45) is 5.73 Å². The van der Waals surface area contributed by atoms with Gasteiger partial charge in [0.05, 0.1) is 19.1 Å². The quantitative estimate of drug-likeness (QED) is 0.804. The lowest BCUT2D eigenvalue weighted by Gasteiger charge is -2.37. The molecule has 1 aliphatic rings. The number of rotatable bonds is 6. The van der Waals surface area contributed by atoms with Crippen molar-refractivity contribution in [3.05, 3.63) is 47.7 Å². The molecule has 138 valence electrons. The monoisotopic (exact) mass is 358 g/mol. The smallest absolute Gasteiger partial charge is 0.247 e. The molecule has 1 aromatic heterocycles. The standard InChI is InChI=1S/C18H22N4O4/c1-12-9-16(21-26-12)20-18(24)17(13-5-3-2-4-6-13)22-7-8-25-14(11-22)10-15(19)23/h2-6,9,14,17H,7-8,10-11H2,1H3,(H2,19,23)(H,20,21,24). The zero-order valence-electron chi connectivity index (χ0n) is 14.6. The highest BCUT2D eigenvalue weighted by atomic mass is 16.5. The maximum Gasteiger partial charge on any atom is 0.247 e. The molecule has 1 aliphatic heterocycles. The zero-order valence-corrected chi connectivity index (χ0v) is 14.6. The van der Waals surface area contributed by atoms with Crippen molar-refractivity contribution in [3.63, 3.8) is 0 Å². The summed E-state index contributed by atoms with van der Waals surface area (Å²) in [6.07, 6.45) is -0.197. The fourth-order valence-corrected chi connectivity index (χ4v) is 3.11. The molecule has 3 rings (SSSR count). The number of anilines is 1. The van der Waals surface area contributed by atoms with Gasteiger partial charge in [-0.25, -0.2) is 0 Å². The van der Waals surface area contributed by atoms with Crippen molar-refractivity contribution in [2.75, 3.05) is 25.0 Å². The molecule has 1 fully saturated rings. The fourth-order valence-electron chi connectivity index (χ4n) is 3.11. The first-order valence-corrected chi connectivity index (χ1v) is 8.46. The van der Waals surface area contributed by atoms with Gasteiger partial charge in [0.1, 0.15) is 11.8 Å². The van der Waals surface area contributed by atoms with Crippen LogP contribution in [0.25, 0.3) is 0 Å². The highest BCUT2D eigenvalue weighted by molar-refractivity contribution is 5.94. The third-order valence-electron chi connectivity index (χ3n) is 4.21. The molecule has 1 saturated heterocycles. The largest absolute Gasteiger partial charge is 0.375 e. The van der Waals surface area contributed by atoms with Crippen LogP contribution >= 0.6 is 0 Å². The molecular formula is C18H22N4O4. The van der Waals surface area contributed by atoms with E-state index in [1.807, 2.05) is 35.2 Å². The van der Waals surface area contributed by atoms with Crippen molar-refractivity contribution >= 4 is 17.6 Å². The minimum absolute atomic E-state index is 0.127. The maximum absolute atomic E-state index is 13.0. The third kappa shape index (κ3) is 4.47. The number of hydrogen-bond donors (Lipinski definition) is 2. The summed E-state index contributed by atoms with van der Waals surface area (Å²) >= 11 is 0. The van der Waals surface area contributed by atoms with Crippen molar-refractivity contribution in [2.45, 2.75) is 25.5 Å². The Kier molecular flexibility index (Phi) is 5.65. The predicted octanol–water partition coefficient (Wildman–Crippen LogP) is 1.24. The van der Waals surface area contributed by atoms with E-state index >= 15 is 0 Å². The number of aromatic nitrogens is 1. The van der Waals surface area contributed by atoms with E-state index in [1.165, 1.54) is 0 Å². The molecular weight excluding hydrogens is 336 g/mol. The van der Waals surface area contributed by atoms with E-state index in [0.29, 0.717) is 31.3 Å². The maximum atomic E-state index is 13.0. The van der Waals surface area contributed by atoms with Gasteiger partial charge in [-0.3, -0.25) is 14.5 Å². The van der Waals surface area contributed by atoms with E-state index in [2.05, 4.69) is 10.5 Å². The molecule has 3 N–H and O–H groups in total. The number of benzene rings is 1. The number of primary amides is 1. The van der Waals surface area contributed by atoms with Crippen LogP contribution in [0.5, 0.6) is 0 Å². The van der Waals surface area contributed by atoms with E-state index < -0.39 is 11.9 Å². The zero-order chi connectivity index (χ0) is 18.5. The van der Waals surface area contributed by atoms with Crippen molar-refractivity contribution < 1.29 is 18.8 Å². The van der Waals surface area contributed by atoms with Gasteiger partial charge in [-0.2, -0.15) is 0 Å². The Bertz CT molecular complexity index is 762. The minimum atomic E-state index is -0.535. The van der Waals surface area contributed by atoms with Crippen LogP contribution in [0.15, 0.2) is 40.9 Å². The summed E-state index contributed by atoms with van der Waals surface area (Å²) < 4.78 is 10.6. The second kappa shape index (κ2) is 8.11. The molecule has 8 nitrogen and oxygen atoms in total. The SMILES string of the molecule is Cc1cc(NC(=O)C(c2ccccc2)N2CCOC(CC(N)=O)C2)no1. The Morgan fingerprint density at radius 2 is 2.15 bits per heavy atom. The van der Waals surface area contributed by atoms with Crippen LogP contribution < -0.4 is 11.1 Å². The average molecular weight is 358 g/mol. The molecule has 26 heavy (non-hydrogen) atoms. The molecule has 1 aromatic carbocycles. The van der Waals surface area contributed by atoms with Crippen LogP contribution in [0.1, 0.15) is 23.8 Å². The summed E-state index contributed by atoms with van der Waals surface area (Å²) in [5, 5.41) is 6.62. The van der Waals surface area contributed by atoms with Crippen LogP contribution in [0.4, 0.5) is 5.82 Å². The van der Waals surface area contributed by atoms with E-state index in [-0.39, 0.29) is 18.4 Å². The van der Waals surface area contributed by atoms with Gasteiger partial charge in [-0.05, 0) is 12.5 Å². The fraction of sp³-hybridized carbons (Fsp3) is 0.389. The molecule has 0 radical (unpaired) electrons. The second-order valence-corrected chi connectivity index (χ2v) is 6.28. The Balaban J connectivity index is 1.81. The van der Waals surface area contributed by atoms with E-state index in [0.717, 1.165) is 5.56 Å². The summed E-state index contributed by atoms with van der Waals surface area (Å²) in [5.41, 5.74) is 6.14. The van der Waals surface area contributed by atoms with Gasteiger partial charge in [0.25, 0.3) is 0 Å².